The topological polar surface area (TPSA) is 98.0 Å². The van der Waals surface area contributed by atoms with Gasteiger partial charge in [-0.05, 0) is 80.2 Å². The van der Waals surface area contributed by atoms with E-state index < -0.39 is 23.9 Å². The molecule has 3 amide bonds. The van der Waals surface area contributed by atoms with Gasteiger partial charge in [-0.3, -0.25) is 19.4 Å². The molecule has 4 atom stereocenters. The molecule has 0 spiro atoms. The van der Waals surface area contributed by atoms with Crippen molar-refractivity contribution in [3.05, 3.63) is 106 Å². The highest BCUT2D eigenvalue weighted by atomic mass is 35.5. The molecule has 7 rings (SSSR count). The van der Waals surface area contributed by atoms with Gasteiger partial charge < -0.3 is 0 Å². The largest absolute Gasteiger partial charge is 0.271 e. The average Bonchev–Trinajstić information content (AvgIpc) is 3.69. The summed E-state index contributed by atoms with van der Waals surface area (Å²) >= 11 is 6.01. The Morgan fingerprint density at radius 3 is 2.30 bits per heavy atom. The lowest BCUT2D eigenvalue weighted by Crippen LogP contribution is -2.45. The van der Waals surface area contributed by atoms with Gasteiger partial charge in [-0.15, -0.1) is 0 Å². The first-order valence-electron chi connectivity index (χ1n) is 14.8. The molecule has 3 aromatic carbocycles. The van der Waals surface area contributed by atoms with Gasteiger partial charge in [0.1, 0.15) is 6.54 Å². The summed E-state index contributed by atoms with van der Waals surface area (Å²) in [6.07, 6.45) is 4.96. The molecule has 3 aromatic rings. The van der Waals surface area contributed by atoms with Crippen LogP contribution in [-0.4, -0.2) is 52.1 Å². The van der Waals surface area contributed by atoms with Crippen LogP contribution >= 0.6 is 11.6 Å². The summed E-state index contributed by atoms with van der Waals surface area (Å²) in [5.74, 6) is -1.22. The molecule has 9 nitrogen and oxygen atoms in total. The summed E-state index contributed by atoms with van der Waals surface area (Å²) in [6, 6.07) is 20.8. The van der Waals surface area contributed by atoms with Crippen molar-refractivity contribution < 1.29 is 14.4 Å². The van der Waals surface area contributed by atoms with Crippen LogP contribution in [0.4, 0.5) is 5.69 Å². The Kier molecular flexibility index (Phi) is 7.13. The van der Waals surface area contributed by atoms with Crippen molar-refractivity contribution in [2.75, 3.05) is 11.4 Å². The Morgan fingerprint density at radius 1 is 0.909 bits per heavy atom. The van der Waals surface area contributed by atoms with Crippen molar-refractivity contribution in [1.29, 1.82) is 0 Å². The van der Waals surface area contributed by atoms with E-state index in [2.05, 4.69) is 71.9 Å². The fraction of sp³-hybridized carbons (Fsp3) is 0.294. The van der Waals surface area contributed by atoms with Crippen LogP contribution in [0.3, 0.4) is 0 Å². The second-order valence-electron chi connectivity index (χ2n) is 11.8. The van der Waals surface area contributed by atoms with Crippen LogP contribution in [0.2, 0.25) is 5.02 Å². The predicted molar refractivity (Wildman–Crippen MR) is 168 cm³/mol. The van der Waals surface area contributed by atoms with Crippen molar-refractivity contribution in [2.24, 2.45) is 21.4 Å². The second kappa shape index (κ2) is 11.1. The number of carbonyl (C=O) groups excluding carboxylic acids is 3. The lowest BCUT2D eigenvalue weighted by molar-refractivity contribution is -0.136. The summed E-state index contributed by atoms with van der Waals surface area (Å²) in [5, 5.41) is 16.6. The van der Waals surface area contributed by atoms with Crippen molar-refractivity contribution in [1.82, 2.24) is 10.0 Å². The number of hydrogen-bond donors (Lipinski definition) is 0. The van der Waals surface area contributed by atoms with Crippen LogP contribution in [0.5, 0.6) is 0 Å². The van der Waals surface area contributed by atoms with E-state index in [1.54, 1.807) is 29.3 Å². The molecule has 10 heteroatoms. The quantitative estimate of drug-likeness (QED) is 0.329. The molecule has 3 heterocycles. The monoisotopic (exact) mass is 606 g/mol. The summed E-state index contributed by atoms with van der Waals surface area (Å²) < 4.78 is 0. The maximum absolute atomic E-state index is 14.1. The highest BCUT2D eigenvalue weighted by Gasteiger charge is 2.55. The Balaban J connectivity index is 1.18. The molecule has 1 saturated heterocycles. The second-order valence-corrected chi connectivity index (χ2v) is 12.3. The predicted octanol–water partition coefficient (Wildman–Crippen LogP) is 6.07. The zero-order chi connectivity index (χ0) is 30.5. The normalized spacial score (nSPS) is 25.1. The fourth-order valence-electron chi connectivity index (χ4n) is 6.58. The maximum atomic E-state index is 14.1. The number of allylic oxidation sites excluding steroid dienone is 1. The van der Waals surface area contributed by atoms with Gasteiger partial charge in [0, 0.05) is 10.9 Å². The van der Waals surface area contributed by atoms with Crippen LogP contribution in [0.25, 0.3) is 6.08 Å². The number of halogens is 1. The third kappa shape index (κ3) is 4.91. The van der Waals surface area contributed by atoms with Gasteiger partial charge in [0.25, 0.3) is 17.7 Å². The van der Waals surface area contributed by atoms with Gasteiger partial charge in [0.05, 0.1) is 17.4 Å². The summed E-state index contributed by atoms with van der Waals surface area (Å²) in [5.41, 5.74) is 6.90. The van der Waals surface area contributed by atoms with Gasteiger partial charge >= 0.3 is 0 Å². The van der Waals surface area contributed by atoms with Crippen molar-refractivity contribution >= 4 is 46.8 Å². The number of anilines is 1. The van der Waals surface area contributed by atoms with Crippen molar-refractivity contribution in [3.63, 3.8) is 0 Å². The molecular weight excluding hydrogens is 576 g/mol. The minimum absolute atomic E-state index is 0.0372. The molecule has 0 bridgehead atoms. The van der Waals surface area contributed by atoms with Crippen LogP contribution in [0, 0.1) is 19.8 Å². The highest BCUT2D eigenvalue weighted by Crippen LogP contribution is 2.45. The zero-order valence-electron chi connectivity index (χ0n) is 24.4. The van der Waals surface area contributed by atoms with Gasteiger partial charge in [0.2, 0.25) is 0 Å². The van der Waals surface area contributed by atoms with E-state index in [9.17, 15) is 14.4 Å². The van der Waals surface area contributed by atoms with Gasteiger partial charge in [-0.1, -0.05) is 76.5 Å². The number of hydrogen-bond acceptors (Lipinski definition) is 7. The summed E-state index contributed by atoms with van der Waals surface area (Å²) in [6.45, 7) is 3.87. The van der Waals surface area contributed by atoms with Gasteiger partial charge in [0.15, 0.2) is 12.1 Å². The third-order valence-corrected chi connectivity index (χ3v) is 9.09. The molecule has 0 radical (unpaired) electrons. The number of benzene rings is 3. The van der Waals surface area contributed by atoms with Gasteiger partial charge in [-0.2, -0.15) is 10.2 Å². The number of carbonyl (C=O) groups is 3. The smallest absolute Gasteiger partial charge is 0.264 e. The van der Waals surface area contributed by atoms with E-state index in [4.69, 9.17) is 16.7 Å². The number of fused-ring (bicyclic) bond motifs is 2. The van der Waals surface area contributed by atoms with E-state index in [-0.39, 0.29) is 24.4 Å². The van der Waals surface area contributed by atoms with E-state index in [1.807, 2.05) is 6.92 Å². The zero-order valence-corrected chi connectivity index (χ0v) is 25.2. The first-order valence-corrected chi connectivity index (χ1v) is 15.2. The highest BCUT2D eigenvalue weighted by molar-refractivity contribution is 6.31. The molecule has 222 valence electrons. The number of nitrogens with zero attached hydrogens (tertiary/aromatic N) is 6. The molecule has 44 heavy (non-hydrogen) atoms. The van der Waals surface area contributed by atoms with Crippen LogP contribution < -0.4 is 4.90 Å². The first kappa shape index (κ1) is 28.2. The number of amides is 3. The number of hydrazone groups is 1. The minimum Gasteiger partial charge on any atom is -0.271 e. The Bertz CT molecular complexity index is 1730. The molecule has 4 aliphatic rings. The maximum Gasteiger partial charge on any atom is 0.264 e. The van der Waals surface area contributed by atoms with Crippen molar-refractivity contribution in [3.8, 4) is 0 Å². The molecule has 3 aliphatic heterocycles. The van der Waals surface area contributed by atoms with Gasteiger partial charge in [-0.25, -0.2) is 9.91 Å². The SMILES string of the molecule is Cc1ccc(/C=C2/CCC[C@@H]3C2=NN(C(=O)CN2N=N[C@@H]4C(=O)N(c5ccc(Cl)cc5)C(=O)[C@H]42)[C@H]3c2ccc(C)cc2)cc1. The number of aryl methyl sites for hydroxylation is 2. The third-order valence-electron chi connectivity index (χ3n) is 8.83. The molecule has 0 aromatic heterocycles. The molecule has 0 unspecified atom stereocenters. The molecule has 2 fully saturated rings. The van der Waals surface area contributed by atoms with Crippen LogP contribution in [-0.2, 0) is 14.4 Å². The van der Waals surface area contributed by atoms with Crippen LogP contribution in [0.1, 0.15) is 47.6 Å². The lowest BCUT2D eigenvalue weighted by Gasteiger charge is -2.30. The average molecular weight is 607 g/mol. The van der Waals surface area contributed by atoms with Crippen molar-refractivity contribution in [2.45, 2.75) is 51.2 Å². The van der Waals surface area contributed by atoms with E-state index >= 15 is 0 Å². The Labute approximate surface area is 260 Å². The Hall–Kier alpha value is -4.63. The van der Waals surface area contributed by atoms with Crippen LogP contribution in [0.15, 0.2) is 93.8 Å². The minimum atomic E-state index is -1.00. The fourth-order valence-corrected chi connectivity index (χ4v) is 6.70. The van der Waals surface area contributed by atoms with E-state index in [0.717, 1.165) is 52.1 Å². The first-order chi connectivity index (χ1) is 21.3. The lowest BCUT2D eigenvalue weighted by atomic mass is 9.77. The van der Waals surface area contributed by atoms with E-state index in [1.165, 1.54) is 10.6 Å². The standard InChI is InChI=1S/C34H31ClN6O3/c1-20-6-10-22(11-7-20)18-24-4-3-5-27-29(24)37-41(31(27)23-12-8-21(2)9-13-23)28(42)19-39-32-30(36-38-39)33(43)40(34(32)44)26-16-14-25(35)15-17-26/h6-18,27,30-32H,3-5,19H2,1-2H3/b24-18-/t27-,30+,31+,32+/m1/s1. The summed E-state index contributed by atoms with van der Waals surface area (Å²) in [7, 11) is 0. The molecule has 1 saturated carbocycles. The Morgan fingerprint density at radius 2 is 1.59 bits per heavy atom. The summed E-state index contributed by atoms with van der Waals surface area (Å²) in [4.78, 5) is 41.9. The molecular formula is C34H31ClN6O3. The van der Waals surface area contributed by atoms with E-state index in [0.29, 0.717) is 10.7 Å². The number of imide groups is 1. The molecule has 1 aliphatic carbocycles. The number of rotatable bonds is 5. The molecule has 0 N–H and O–H groups in total.